The van der Waals surface area contributed by atoms with Crippen LogP contribution in [0.5, 0.6) is 5.75 Å². The first kappa shape index (κ1) is 14.8. The number of nitrogens with one attached hydrogen (secondary N) is 1. The molecular formula is C14H20BrNO3. The van der Waals surface area contributed by atoms with Crippen molar-refractivity contribution >= 4 is 15.9 Å². The number of aliphatic hydroxyl groups is 1. The quantitative estimate of drug-likeness (QED) is 0.870. The van der Waals surface area contributed by atoms with Gasteiger partial charge < -0.3 is 19.9 Å². The zero-order chi connectivity index (χ0) is 13.9. The molecule has 1 aliphatic rings. The van der Waals surface area contributed by atoms with Crippen LogP contribution in [0, 0.1) is 0 Å². The smallest absolute Gasteiger partial charge is 0.120 e. The molecule has 4 nitrogen and oxygen atoms in total. The van der Waals surface area contributed by atoms with Gasteiger partial charge in [0.2, 0.25) is 0 Å². The van der Waals surface area contributed by atoms with Crippen LogP contribution in [0.2, 0.25) is 0 Å². The summed E-state index contributed by atoms with van der Waals surface area (Å²) in [5.41, 5.74) is 0.413. The van der Waals surface area contributed by atoms with Crippen LogP contribution < -0.4 is 10.1 Å². The van der Waals surface area contributed by atoms with E-state index in [0.717, 1.165) is 15.8 Å². The van der Waals surface area contributed by atoms with Crippen LogP contribution in [0.3, 0.4) is 0 Å². The minimum absolute atomic E-state index is 0.143. The molecule has 0 aliphatic carbocycles. The lowest BCUT2D eigenvalue weighted by atomic mass is 10.0. The molecule has 1 fully saturated rings. The molecule has 106 valence electrons. The second kappa shape index (κ2) is 6.22. The molecule has 2 atom stereocenters. The second-order valence-electron chi connectivity index (χ2n) is 5.02. The number of hydrogen-bond donors (Lipinski definition) is 2. The molecule has 1 aromatic rings. The summed E-state index contributed by atoms with van der Waals surface area (Å²) in [5.74, 6) is 0.825. The van der Waals surface area contributed by atoms with Crippen molar-refractivity contribution in [2.24, 2.45) is 0 Å². The van der Waals surface area contributed by atoms with Gasteiger partial charge in [-0.2, -0.15) is 0 Å². The van der Waals surface area contributed by atoms with E-state index in [1.54, 1.807) is 7.11 Å². The molecule has 0 unspecified atom stereocenters. The van der Waals surface area contributed by atoms with E-state index in [-0.39, 0.29) is 6.04 Å². The first-order chi connectivity index (χ1) is 9.04. The van der Waals surface area contributed by atoms with Gasteiger partial charge in [0.05, 0.1) is 13.7 Å². The Morgan fingerprint density at radius 2 is 2.37 bits per heavy atom. The van der Waals surface area contributed by atoms with Crippen LogP contribution in [0.25, 0.3) is 0 Å². The van der Waals surface area contributed by atoms with Crippen molar-refractivity contribution in [2.45, 2.75) is 25.0 Å². The van der Waals surface area contributed by atoms with Gasteiger partial charge in [0.25, 0.3) is 0 Å². The predicted octanol–water partition coefficient (Wildman–Crippen LogP) is 2.26. The number of ether oxygens (including phenoxy) is 2. The third-order valence-electron chi connectivity index (χ3n) is 3.49. The summed E-state index contributed by atoms with van der Waals surface area (Å²) in [5, 5.41) is 13.6. The van der Waals surface area contributed by atoms with Gasteiger partial charge in [0, 0.05) is 30.1 Å². The SMILES string of the molecule is COc1ccc([C@@H](C)NC[C@@]2(O)CCOC2)c(Br)c1. The van der Waals surface area contributed by atoms with E-state index in [0.29, 0.717) is 26.2 Å². The number of methoxy groups -OCH3 is 1. The lowest BCUT2D eigenvalue weighted by Gasteiger charge is -2.24. The van der Waals surface area contributed by atoms with Gasteiger partial charge in [0.1, 0.15) is 11.4 Å². The predicted molar refractivity (Wildman–Crippen MR) is 77.5 cm³/mol. The van der Waals surface area contributed by atoms with Crippen molar-refractivity contribution in [3.8, 4) is 5.75 Å². The minimum atomic E-state index is -0.729. The minimum Gasteiger partial charge on any atom is -0.497 e. The van der Waals surface area contributed by atoms with Crippen molar-refractivity contribution < 1.29 is 14.6 Å². The molecule has 0 aromatic heterocycles. The molecule has 1 aliphatic heterocycles. The Balaban J connectivity index is 1.97. The van der Waals surface area contributed by atoms with Crippen LogP contribution in [0.4, 0.5) is 0 Å². The summed E-state index contributed by atoms with van der Waals surface area (Å²) in [6, 6.07) is 6.05. The molecule has 19 heavy (non-hydrogen) atoms. The standard InChI is InChI=1S/C14H20BrNO3/c1-10(16-8-14(17)5-6-19-9-14)12-4-3-11(18-2)7-13(12)15/h3-4,7,10,16-17H,5-6,8-9H2,1-2H3/t10-,14+/m1/s1. The zero-order valence-electron chi connectivity index (χ0n) is 11.3. The summed E-state index contributed by atoms with van der Waals surface area (Å²) in [7, 11) is 1.65. The van der Waals surface area contributed by atoms with Crippen LogP contribution >= 0.6 is 15.9 Å². The summed E-state index contributed by atoms with van der Waals surface area (Å²) in [4.78, 5) is 0. The average molecular weight is 330 g/mol. The molecule has 0 bridgehead atoms. The van der Waals surface area contributed by atoms with Gasteiger partial charge in [-0.1, -0.05) is 22.0 Å². The summed E-state index contributed by atoms with van der Waals surface area (Å²) < 4.78 is 11.4. The summed E-state index contributed by atoms with van der Waals surface area (Å²) in [6.07, 6.45) is 0.691. The maximum atomic E-state index is 10.2. The first-order valence-corrected chi connectivity index (χ1v) is 7.20. The lowest BCUT2D eigenvalue weighted by molar-refractivity contribution is 0.0252. The highest BCUT2D eigenvalue weighted by atomic mass is 79.9. The Kier molecular flexibility index (Phi) is 4.84. The van der Waals surface area contributed by atoms with Crippen molar-refractivity contribution in [2.75, 3.05) is 26.9 Å². The van der Waals surface area contributed by atoms with E-state index in [2.05, 4.69) is 28.2 Å². The second-order valence-corrected chi connectivity index (χ2v) is 5.87. The highest BCUT2D eigenvalue weighted by Gasteiger charge is 2.32. The van der Waals surface area contributed by atoms with Crippen LogP contribution in [0.1, 0.15) is 24.9 Å². The maximum Gasteiger partial charge on any atom is 0.120 e. The normalized spacial score (nSPS) is 24.4. The van der Waals surface area contributed by atoms with Gasteiger partial charge in [-0.05, 0) is 24.6 Å². The third kappa shape index (κ3) is 3.69. The van der Waals surface area contributed by atoms with E-state index in [1.807, 2.05) is 18.2 Å². The molecule has 0 amide bonds. The van der Waals surface area contributed by atoms with Crippen molar-refractivity contribution in [3.05, 3.63) is 28.2 Å². The lowest BCUT2D eigenvalue weighted by Crippen LogP contribution is -2.41. The van der Waals surface area contributed by atoms with Gasteiger partial charge in [-0.15, -0.1) is 0 Å². The van der Waals surface area contributed by atoms with Crippen LogP contribution in [0.15, 0.2) is 22.7 Å². The van der Waals surface area contributed by atoms with Gasteiger partial charge in [-0.25, -0.2) is 0 Å². The fraction of sp³-hybridized carbons (Fsp3) is 0.571. The monoisotopic (exact) mass is 329 g/mol. The van der Waals surface area contributed by atoms with Crippen LogP contribution in [-0.4, -0.2) is 37.6 Å². The fourth-order valence-electron chi connectivity index (χ4n) is 2.17. The Hall–Kier alpha value is -0.620. The van der Waals surface area contributed by atoms with E-state index in [1.165, 1.54) is 0 Å². The number of halogens is 1. The number of hydrogen-bond acceptors (Lipinski definition) is 4. The van der Waals surface area contributed by atoms with Crippen molar-refractivity contribution in [3.63, 3.8) is 0 Å². The zero-order valence-corrected chi connectivity index (χ0v) is 12.9. The van der Waals surface area contributed by atoms with E-state index in [4.69, 9.17) is 9.47 Å². The molecular weight excluding hydrogens is 310 g/mol. The highest BCUT2D eigenvalue weighted by Crippen LogP contribution is 2.28. The van der Waals surface area contributed by atoms with Crippen molar-refractivity contribution in [1.82, 2.24) is 5.32 Å². The largest absolute Gasteiger partial charge is 0.497 e. The van der Waals surface area contributed by atoms with Gasteiger partial charge in [0.15, 0.2) is 0 Å². The van der Waals surface area contributed by atoms with Crippen LogP contribution in [-0.2, 0) is 4.74 Å². The Morgan fingerprint density at radius 3 is 2.95 bits per heavy atom. The molecule has 1 aromatic carbocycles. The van der Waals surface area contributed by atoms with Gasteiger partial charge in [-0.3, -0.25) is 0 Å². The molecule has 1 saturated heterocycles. The summed E-state index contributed by atoms with van der Waals surface area (Å²) >= 11 is 3.55. The highest BCUT2D eigenvalue weighted by molar-refractivity contribution is 9.10. The third-order valence-corrected chi connectivity index (χ3v) is 4.18. The van der Waals surface area contributed by atoms with E-state index in [9.17, 15) is 5.11 Å². The Bertz CT molecular complexity index is 433. The molecule has 0 radical (unpaired) electrons. The topological polar surface area (TPSA) is 50.7 Å². The molecule has 2 N–H and O–H groups in total. The van der Waals surface area contributed by atoms with Gasteiger partial charge >= 0.3 is 0 Å². The van der Waals surface area contributed by atoms with E-state index >= 15 is 0 Å². The molecule has 0 spiro atoms. The number of rotatable bonds is 5. The van der Waals surface area contributed by atoms with Crippen molar-refractivity contribution in [1.29, 1.82) is 0 Å². The summed E-state index contributed by atoms with van der Waals surface area (Å²) in [6.45, 7) is 3.66. The number of benzene rings is 1. The fourth-order valence-corrected chi connectivity index (χ4v) is 2.88. The average Bonchev–Trinajstić information content (AvgIpc) is 2.83. The molecule has 2 rings (SSSR count). The molecule has 0 saturated carbocycles. The molecule has 1 heterocycles. The Morgan fingerprint density at radius 1 is 1.58 bits per heavy atom. The molecule has 5 heteroatoms. The Labute approximate surface area is 122 Å². The van der Waals surface area contributed by atoms with E-state index < -0.39 is 5.60 Å². The first-order valence-electron chi connectivity index (χ1n) is 6.41. The maximum absolute atomic E-state index is 10.2.